The van der Waals surface area contributed by atoms with Crippen molar-refractivity contribution in [2.75, 3.05) is 29.9 Å². The van der Waals surface area contributed by atoms with Crippen molar-refractivity contribution >= 4 is 11.4 Å². The molecule has 0 aromatic heterocycles. The van der Waals surface area contributed by atoms with Gasteiger partial charge in [-0.1, -0.05) is 18.2 Å². The summed E-state index contributed by atoms with van der Waals surface area (Å²) in [5, 5.41) is 3.48. The predicted octanol–water partition coefficient (Wildman–Crippen LogP) is 2.42. The third kappa shape index (κ3) is 1.60. The van der Waals surface area contributed by atoms with Crippen LogP contribution in [0.3, 0.4) is 0 Å². The minimum Gasteiger partial charge on any atom is -0.385 e. The van der Waals surface area contributed by atoms with Gasteiger partial charge in [0.05, 0.1) is 0 Å². The topological polar surface area (TPSA) is 15.3 Å². The van der Waals surface area contributed by atoms with Gasteiger partial charge in [-0.2, -0.15) is 0 Å². The molecule has 2 aliphatic heterocycles. The molecule has 2 nitrogen and oxygen atoms in total. The van der Waals surface area contributed by atoms with Gasteiger partial charge in [-0.05, 0) is 30.5 Å². The number of hydrogen-bond acceptors (Lipinski definition) is 2. The number of hydrogen-bond donors (Lipinski definition) is 1. The van der Waals surface area contributed by atoms with Crippen LogP contribution in [0, 0.1) is 0 Å². The van der Waals surface area contributed by atoms with Gasteiger partial charge in [0.15, 0.2) is 0 Å². The van der Waals surface area contributed by atoms with E-state index in [1.54, 1.807) is 0 Å². The van der Waals surface area contributed by atoms with Gasteiger partial charge < -0.3 is 10.2 Å². The van der Waals surface area contributed by atoms with Crippen LogP contribution in [-0.2, 0) is 6.42 Å². The van der Waals surface area contributed by atoms with Crippen molar-refractivity contribution in [3.8, 4) is 0 Å². The highest BCUT2D eigenvalue weighted by molar-refractivity contribution is 5.64. The Labute approximate surface area is 90.6 Å². The zero-order valence-corrected chi connectivity index (χ0v) is 8.87. The molecule has 2 heteroatoms. The minimum absolute atomic E-state index is 1.05. The second kappa shape index (κ2) is 3.61. The van der Waals surface area contributed by atoms with Crippen LogP contribution in [0.4, 0.5) is 11.4 Å². The molecule has 0 fully saturated rings. The van der Waals surface area contributed by atoms with Crippen LogP contribution in [0.25, 0.3) is 0 Å². The number of nitrogens with one attached hydrogen (secondary N) is 1. The van der Waals surface area contributed by atoms with E-state index in [1.165, 1.54) is 29.8 Å². The van der Waals surface area contributed by atoms with Crippen LogP contribution in [0.1, 0.15) is 12.0 Å². The largest absolute Gasteiger partial charge is 0.385 e. The molecule has 2 aliphatic rings. The maximum absolute atomic E-state index is 3.48. The van der Waals surface area contributed by atoms with Crippen molar-refractivity contribution < 1.29 is 0 Å². The summed E-state index contributed by atoms with van der Waals surface area (Å²) < 4.78 is 0. The van der Waals surface area contributed by atoms with Gasteiger partial charge in [0, 0.05) is 31.0 Å². The van der Waals surface area contributed by atoms with Crippen molar-refractivity contribution in [2.45, 2.75) is 12.8 Å². The fraction of sp³-hybridized carbons (Fsp3) is 0.385. The number of rotatable bonds is 1. The van der Waals surface area contributed by atoms with Crippen LogP contribution >= 0.6 is 0 Å². The summed E-state index contributed by atoms with van der Waals surface area (Å²) in [6.07, 6.45) is 6.94. The molecule has 0 spiro atoms. The van der Waals surface area contributed by atoms with E-state index in [-0.39, 0.29) is 0 Å². The molecule has 1 aromatic rings. The number of benzene rings is 1. The summed E-state index contributed by atoms with van der Waals surface area (Å²) in [4.78, 5) is 2.39. The van der Waals surface area contributed by atoms with E-state index in [1.807, 2.05) is 0 Å². The van der Waals surface area contributed by atoms with Crippen LogP contribution < -0.4 is 10.2 Å². The first-order chi connectivity index (χ1) is 7.43. The highest BCUT2D eigenvalue weighted by Gasteiger charge is 2.12. The Morgan fingerprint density at radius 2 is 2.00 bits per heavy atom. The lowest BCUT2D eigenvalue weighted by Gasteiger charge is -2.23. The lowest BCUT2D eigenvalue weighted by Crippen LogP contribution is -2.19. The average Bonchev–Trinajstić information content (AvgIpc) is 2.82. The smallest absolute Gasteiger partial charge is 0.0393 e. The number of aryl methyl sites for hydroxylation is 1. The SMILES string of the molecule is C1=CCN(c2ccc3c(c2)NCCC3)C1. The lowest BCUT2D eigenvalue weighted by molar-refractivity contribution is 0.829. The Morgan fingerprint density at radius 3 is 2.87 bits per heavy atom. The van der Waals surface area contributed by atoms with Gasteiger partial charge in [-0.3, -0.25) is 0 Å². The van der Waals surface area contributed by atoms with E-state index in [2.05, 4.69) is 40.6 Å². The Hall–Kier alpha value is -1.44. The minimum atomic E-state index is 1.05. The molecule has 0 amide bonds. The van der Waals surface area contributed by atoms with E-state index in [0.717, 1.165) is 19.6 Å². The summed E-state index contributed by atoms with van der Waals surface area (Å²) in [5.41, 5.74) is 4.15. The predicted molar refractivity (Wildman–Crippen MR) is 64.6 cm³/mol. The third-order valence-corrected chi connectivity index (χ3v) is 3.22. The molecule has 0 atom stereocenters. The molecule has 0 saturated heterocycles. The highest BCUT2D eigenvalue weighted by Crippen LogP contribution is 2.28. The van der Waals surface area contributed by atoms with E-state index < -0.39 is 0 Å². The average molecular weight is 200 g/mol. The van der Waals surface area contributed by atoms with Crippen LogP contribution in [0.2, 0.25) is 0 Å². The second-order valence-electron chi connectivity index (χ2n) is 4.25. The molecule has 15 heavy (non-hydrogen) atoms. The molecule has 1 aromatic carbocycles. The molecule has 2 heterocycles. The molecule has 0 saturated carbocycles. The molecule has 0 radical (unpaired) electrons. The molecule has 1 N–H and O–H groups in total. The molecular formula is C13H16N2. The van der Waals surface area contributed by atoms with Crippen molar-refractivity contribution in [3.05, 3.63) is 35.9 Å². The first-order valence-corrected chi connectivity index (χ1v) is 5.70. The fourth-order valence-electron chi connectivity index (χ4n) is 2.33. The molecule has 3 rings (SSSR count). The lowest BCUT2D eigenvalue weighted by atomic mass is 10.0. The van der Waals surface area contributed by atoms with Crippen molar-refractivity contribution in [1.82, 2.24) is 0 Å². The number of nitrogens with zero attached hydrogens (tertiary/aromatic N) is 1. The molecule has 0 aliphatic carbocycles. The molecule has 78 valence electrons. The quantitative estimate of drug-likeness (QED) is 0.700. The van der Waals surface area contributed by atoms with E-state index in [9.17, 15) is 0 Å². The van der Waals surface area contributed by atoms with Crippen molar-refractivity contribution in [1.29, 1.82) is 0 Å². The summed E-state index contributed by atoms with van der Waals surface area (Å²) in [6, 6.07) is 6.81. The van der Waals surface area contributed by atoms with Gasteiger partial charge in [0.25, 0.3) is 0 Å². The number of fused-ring (bicyclic) bond motifs is 1. The summed E-state index contributed by atoms with van der Waals surface area (Å²) in [6.45, 7) is 3.23. The monoisotopic (exact) mass is 200 g/mol. The van der Waals surface area contributed by atoms with E-state index >= 15 is 0 Å². The Morgan fingerprint density at radius 1 is 1.13 bits per heavy atom. The van der Waals surface area contributed by atoms with Crippen LogP contribution in [-0.4, -0.2) is 19.6 Å². The highest BCUT2D eigenvalue weighted by atomic mass is 15.1. The Bertz CT molecular complexity index is 388. The standard InChI is InChI=1S/C13H16N2/c1-2-9-15(8-1)12-6-5-11-4-3-7-14-13(11)10-12/h1-2,5-6,10,14H,3-4,7-9H2. The summed E-state index contributed by atoms with van der Waals surface area (Å²) >= 11 is 0. The molecular weight excluding hydrogens is 184 g/mol. The van der Waals surface area contributed by atoms with E-state index in [0.29, 0.717) is 0 Å². The fourth-order valence-corrected chi connectivity index (χ4v) is 2.33. The summed E-state index contributed by atoms with van der Waals surface area (Å²) in [7, 11) is 0. The maximum atomic E-state index is 3.48. The summed E-state index contributed by atoms with van der Waals surface area (Å²) in [5.74, 6) is 0. The normalized spacial score (nSPS) is 18.8. The van der Waals surface area contributed by atoms with Gasteiger partial charge in [0.2, 0.25) is 0 Å². The first kappa shape index (κ1) is 8.84. The first-order valence-electron chi connectivity index (χ1n) is 5.70. The van der Waals surface area contributed by atoms with Gasteiger partial charge in [0.1, 0.15) is 0 Å². The van der Waals surface area contributed by atoms with Crippen molar-refractivity contribution in [3.63, 3.8) is 0 Å². The van der Waals surface area contributed by atoms with Gasteiger partial charge in [-0.15, -0.1) is 0 Å². The zero-order chi connectivity index (χ0) is 10.1. The molecule has 0 unspecified atom stereocenters. The Balaban J connectivity index is 1.90. The zero-order valence-electron chi connectivity index (χ0n) is 8.87. The third-order valence-electron chi connectivity index (χ3n) is 3.22. The van der Waals surface area contributed by atoms with Gasteiger partial charge >= 0.3 is 0 Å². The Kier molecular flexibility index (Phi) is 2.13. The van der Waals surface area contributed by atoms with Gasteiger partial charge in [-0.25, -0.2) is 0 Å². The van der Waals surface area contributed by atoms with Crippen LogP contribution in [0.5, 0.6) is 0 Å². The van der Waals surface area contributed by atoms with Crippen molar-refractivity contribution in [2.24, 2.45) is 0 Å². The van der Waals surface area contributed by atoms with Crippen LogP contribution in [0.15, 0.2) is 30.4 Å². The number of anilines is 2. The molecule has 0 bridgehead atoms. The second-order valence-corrected chi connectivity index (χ2v) is 4.25. The maximum Gasteiger partial charge on any atom is 0.0393 e. The van der Waals surface area contributed by atoms with E-state index in [4.69, 9.17) is 0 Å².